The zero-order valence-corrected chi connectivity index (χ0v) is 38.4. The lowest BCUT2D eigenvalue weighted by atomic mass is 10.1. The van der Waals surface area contributed by atoms with Crippen LogP contribution >= 0.6 is 0 Å². The van der Waals surface area contributed by atoms with E-state index >= 15 is 0 Å². The highest BCUT2D eigenvalue weighted by Gasteiger charge is 2.10. The van der Waals surface area contributed by atoms with Crippen molar-refractivity contribution < 1.29 is 28.5 Å². The van der Waals surface area contributed by atoms with Gasteiger partial charge in [-0.05, 0) is 134 Å². The number of aliphatic imine (C=N–C) groups is 2. The number of esters is 2. The maximum absolute atomic E-state index is 12.7. The van der Waals surface area contributed by atoms with E-state index in [1.54, 1.807) is 48.5 Å². The van der Waals surface area contributed by atoms with Crippen molar-refractivity contribution in [3.05, 3.63) is 119 Å². The molecule has 0 unspecified atom stereocenters. The molecule has 0 atom stereocenters. The van der Waals surface area contributed by atoms with E-state index in [1.165, 1.54) is 89.9 Å². The van der Waals surface area contributed by atoms with Gasteiger partial charge in [0.15, 0.2) is 0 Å². The van der Waals surface area contributed by atoms with Crippen molar-refractivity contribution in [2.24, 2.45) is 9.98 Å². The molecular weight excluding hydrogens is 785 g/mol. The summed E-state index contributed by atoms with van der Waals surface area (Å²) in [6.07, 6.45) is 29.5. The zero-order valence-electron chi connectivity index (χ0n) is 38.4. The molecule has 0 aliphatic heterocycles. The van der Waals surface area contributed by atoms with Crippen molar-refractivity contribution in [2.45, 2.75) is 149 Å². The van der Waals surface area contributed by atoms with Crippen LogP contribution in [0, 0.1) is 0 Å². The van der Waals surface area contributed by atoms with Gasteiger partial charge in [-0.15, -0.1) is 0 Å². The van der Waals surface area contributed by atoms with Crippen molar-refractivity contribution in [3.63, 3.8) is 0 Å². The van der Waals surface area contributed by atoms with Crippen molar-refractivity contribution in [3.8, 4) is 23.0 Å². The molecule has 8 nitrogen and oxygen atoms in total. The Morgan fingerprint density at radius 3 is 1.03 bits per heavy atom. The Kier molecular flexibility index (Phi) is 26.0. The summed E-state index contributed by atoms with van der Waals surface area (Å²) >= 11 is 0. The van der Waals surface area contributed by atoms with Gasteiger partial charge in [0, 0.05) is 25.5 Å². The van der Waals surface area contributed by atoms with Crippen molar-refractivity contribution in [1.82, 2.24) is 0 Å². The molecule has 0 spiro atoms. The zero-order chi connectivity index (χ0) is 44.4. The molecule has 4 aromatic carbocycles. The highest BCUT2D eigenvalue weighted by Crippen LogP contribution is 2.20. The van der Waals surface area contributed by atoms with Gasteiger partial charge in [-0.1, -0.05) is 123 Å². The second kappa shape index (κ2) is 32.4. The second-order valence-electron chi connectivity index (χ2n) is 16.5. The third kappa shape index (κ3) is 22.6. The molecule has 0 fully saturated rings. The number of nitrogens with zero attached hydrogens (tertiary/aromatic N) is 2. The van der Waals surface area contributed by atoms with Gasteiger partial charge in [-0.25, -0.2) is 9.59 Å². The van der Waals surface area contributed by atoms with E-state index in [4.69, 9.17) is 18.9 Å². The van der Waals surface area contributed by atoms with E-state index in [9.17, 15) is 9.59 Å². The molecule has 0 radical (unpaired) electrons. The monoisotopic (exact) mass is 859 g/mol. The van der Waals surface area contributed by atoms with Crippen LogP contribution in [0.2, 0.25) is 0 Å². The first-order valence-electron chi connectivity index (χ1n) is 24.1. The second-order valence-corrected chi connectivity index (χ2v) is 16.5. The third-order valence-electron chi connectivity index (χ3n) is 10.9. The van der Waals surface area contributed by atoms with E-state index < -0.39 is 11.9 Å². The minimum Gasteiger partial charge on any atom is -0.494 e. The first-order chi connectivity index (χ1) is 31.0. The summed E-state index contributed by atoms with van der Waals surface area (Å²) in [5, 5.41) is 0. The van der Waals surface area contributed by atoms with Crippen LogP contribution < -0.4 is 18.9 Å². The summed E-state index contributed by atoms with van der Waals surface area (Å²) in [7, 11) is 0. The number of hydrogen-bond acceptors (Lipinski definition) is 8. The molecule has 0 aliphatic carbocycles. The van der Waals surface area contributed by atoms with Crippen LogP contribution in [0.15, 0.2) is 107 Å². The Morgan fingerprint density at radius 2 is 0.683 bits per heavy atom. The number of benzene rings is 4. The van der Waals surface area contributed by atoms with Crippen LogP contribution in [0.5, 0.6) is 23.0 Å². The molecule has 0 bridgehead atoms. The molecule has 0 heterocycles. The first-order valence-corrected chi connectivity index (χ1v) is 24.1. The van der Waals surface area contributed by atoms with Crippen molar-refractivity contribution in [2.75, 3.05) is 26.3 Å². The molecule has 0 aliphatic rings. The molecule has 4 aromatic rings. The summed E-state index contributed by atoms with van der Waals surface area (Å²) in [5.41, 5.74) is 2.92. The predicted octanol–water partition coefficient (Wildman–Crippen LogP) is 14.7. The number of unbranched alkanes of at least 4 members (excludes halogenated alkanes) is 18. The summed E-state index contributed by atoms with van der Waals surface area (Å²) < 4.78 is 22.9. The summed E-state index contributed by atoms with van der Waals surface area (Å²) in [6.45, 7) is 7.44. The fourth-order valence-electron chi connectivity index (χ4n) is 7.08. The minimum atomic E-state index is -0.391. The molecule has 0 N–H and O–H groups in total. The molecule has 8 heteroatoms. The van der Waals surface area contributed by atoms with Gasteiger partial charge in [-0.2, -0.15) is 0 Å². The number of ether oxygens (including phenoxy) is 4. The molecule has 0 amide bonds. The largest absolute Gasteiger partial charge is 0.494 e. The summed E-state index contributed by atoms with van der Waals surface area (Å²) in [6, 6.07) is 29.2. The summed E-state index contributed by atoms with van der Waals surface area (Å²) in [5.74, 6) is 1.76. The highest BCUT2D eigenvalue weighted by molar-refractivity contribution is 5.92. The van der Waals surface area contributed by atoms with Gasteiger partial charge in [-0.3, -0.25) is 9.98 Å². The lowest BCUT2D eigenvalue weighted by Crippen LogP contribution is -2.08. The maximum Gasteiger partial charge on any atom is 0.343 e. The molecule has 0 aromatic heterocycles. The highest BCUT2D eigenvalue weighted by atomic mass is 16.5. The van der Waals surface area contributed by atoms with E-state index in [1.807, 2.05) is 61.0 Å². The van der Waals surface area contributed by atoms with Gasteiger partial charge in [0.05, 0.1) is 24.3 Å². The maximum atomic E-state index is 12.7. The number of carbonyl (C=O) groups excluding carboxylic acids is 2. The van der Waals surface area contributed by atoms with Crippen LogP contribution in [-0.2, 0) is 0 Å². The first kappa shape index (κ1) is 50.4. The Balaban J connectivity index is 0.989. The van der Waals surface area contributed by atoms with E-state index in [0.29, 0.717) is 35.8 Å². The van der Waals surface area contributed by atoms with E-state index in [0.717, 1.165) is 80.7 Å². The Labute approximate surface area is 378 Å². The number of hydrogen-bond donors (Lipinski definition) is 0. The molecule has 0 saturated carbocycles. The smallest absolute Gasteiger partial charge is 0.343 e. The van der Waals surface area contributed by atoms with Gasteiger partial charge < -0.3 is 18.9 Å². The lowest BCUT2D eigenvalue weighted by Gasteiger charge is -2.08. The molecular formula is C55H74N2O6. The molecule has 4 rings (SSSR count). The number of carbonyl (C=O) groups is 2. The van der Waals surface area contributed by atoms with Gasteiger partial charge in [0.1, 0.15) is 23.0 Å². The third-order valence-corrected chi connectivity index (χ3v) is 10.9. The van der Waals surface area contributed by atoms with Crippen molar-refractivity contribution in [1.29, 1.82) is 0 Å². The Morgan fingerprint density at radius 1 is 0.381 bits per heavy atom. The fraction of sp³-hybridized carbons (Fsp3) is 0.491. The Bertz CT molecular complexity index is 1720. The van der Waals surface area contributed by atoms with Crippen LogP contribution in [0.1, 0.15) is 181 Å². The number of rotatable bonds is 34. The lowest BCUT2D eigenvalue weighted by molar-refractivity contribution is 0.0725. The van der Waals surface area contributed by atoms with Crippen molar-refractivity contribution >= 4 is 24.4 Å². The van der Waals surface area contributed by atoms with Crippen LogP contribution in [0.3, 0.4) is 0 Å². The molecule has 63 heavy (non-hydrogen) atoms. The van der Waals surface area contributed by atoms with Gasteiger partial charge in [0.25, 0.3) is 0 Å². The predicted molar refractivity (Wildman–Crippen MR) is 260 cm³/mol. The SMILES string of the molecule is CCCCCCCCCCOc1ccc(C(=O)Oc2ccc(C=NCCCCCCCN=Cc3ccc(OC(=O)c4ccc(OCCCCCCCCCC)cc4)cc3)cc2)cc1. The standard InChI is InChI=1S/C55H74N2O6/c1-3-5-7-9-11-13-18-22-42-60-50-36-28-48(29-37-50)54(58)62-52-32-24-46(25-33-52)44-56-40-20-16-15-17-21-41-57-45-47-26-34-53(35-27-47)63-55(59)49-30-38-51(39-31-49)61-43-23-19-14-12-10-8-6-4-2/h24-39,44-45H,3-23,40-43H2,1-2H3. The topological polar surface area (TPSA) is 95.8 Å². The average molecular weight is 859 g/mol. The van der Waals surface area contributed by atoms with Gasteiger partial charge in [0.2, 0.25) is 0 Å². The van der Waals surface area contributed by atoms with Crippen LogP contribution in [0.25, 0.3) is 0 Å². The Hall–Kier alpha value is -5.24. The van der Waals surface area contributed by atoms with Crippen LogP contribution in [0.4, 0.5) is 0 Å². The van der Waals surface area contributed by atoms with E-state index in [2.05, 4.69) is 23.8 Å². The van der Waals surface area contributed by atoms with E-state index in [-0.39, 0.29) is 0 Å². The average Bonchev–Trinajstić information content (AvgIpc) is 3.31. The quantitative estimate of drug-likeness (QED) is 0.0201. The normalized spacial score (nSPS) is 11.3. The summed E-state index contributed by atoms with van der Waals surface area (Å²) in [4.78, 5) is 34.5. The molecule has 340 valence electrons. The minimum absolute atomic E-state index is 0.391. The van der Waals surface area contributed by atoms with Gasteiger partial charge >= 0.3 is 11.9 Å². The fourth-order valence-corrected chi connectivity index (χ4v) is 7.08. The molecule has 0 saturated heterocycles. The van der Waals surface area contributed by atoms with Crippen LogP contribution in [-0.4, -0.2) is 50.7 Å².